The summed E-state index contributed by atoms with van der Waals surface area (Å²) < 4.78 is 16.0. The van der Waals surface area contributed by atoms with Crippen LogP contribution in [0.4, 0.5) is 5.82 Å². The summed E-state index contributed by atoms with van der Waals surface area (Å²) >= 11 is 0. The van der Waals surface area contributed by atoms with E-state index in [0.717, 1.165) is 41.9 Å². The average Bonchev–Trinajstić information content (AvgIpc) is 3.18. The van der Waals surface area contributed by atoms with Crippen LogP contribution in [0.3, 0.4) is 0 Å². The topological polar surface area (TPSA) is 90.6 Å². The van der Waals surface area contributed by atoms with E-state index in [-0.39, 0.29) is 11.9 Å². The molecule has 0 unspecified atom stereocenters. The van der Waals surface area contributed by atoms with Gasteiger partial charge in [0.25, 0.3) is 5.71 Å². The van der Waals surface area contributed by atoms with Gasteiger partial charge < -0.3 is 18.9 Å². The first-order valence-corrected chi connectivity index (χ1v) is 9.37. The van der Waals surface area contributed by atoms with Gasteiger partial charge in [-0.1, -0.05) is 17.3 Å². The summed E-state index contributed by atoms with van der Waals surface area (Å²) in [5.74, 6) is 1.13. The Morgan fingerprint density at radius 2 is 2.25 bits per heavy atom. The molecule has 146 valence electrons. The lowest BCUT2D eigenvalue weighted by Gasteiger charge is -2.32. The number of carbonyl (C=O) groups excluding carboxylic acids is 1. The molecule has 28 heavy (non-hydrogen) atoms. The fourth-order valence-electron chi connectivity index (χ4n) is 3.60. The highest BCUT2D eigenvalue weighted by molar-refractivity contribution is 5.98. The molecule has 0 spiro atoms. The smallest absolute Gasteiger partial charge is 0.310 e. The van der Waals surface area contributed by atoms with E-state index in [1.807, 2.05) is 31.2 Å². The number of ether oxygens (including phenoxy) is 2. The zero-order valence-corrected chi connectivity index (χ0v) is 15.9. The van der Waals surface area contributed by atoms with Gasteiger partial charge in [0, 0.05) is 18.7 Å². The molecule has 0 amide bonds. The van der Waals surface area contributed by atoms with Crippen molar-refractivity contribution >= 4 is 22.9 Å². The molecule has 1 fully saturated rings. The monoisotopic (exact) mass is 382 g/mol. The van der Waals surface area contributed by atoms with Crippen molar-refractivity contribution in [3.63, 3.8) is 0 Å². The number of piperidine rings is 1. The van der Waals surface area contributed by atoms with Gasteiger partial charge in [-0.2, -0.15) is 4.98 Å². The fourth-order valence-corrected chi connectivity index (χ4v) is 3.60. The molecule has 0 bridgehead atoms. The molecule has 1 saturated heterocycles. The largest absolute Gasteiger partial charge is 0.497 e. The third-order valence-electron chi connectivity index (χ3n) is 4.94. The molecule has 0 aliphatic carbocycles. The summed E-state index contributed by atoms with van der Waals surface area (Å²) in [4.78, 5) is 23.0. The van der Waals surface area contributed by atoms with Crippen LogP contribution in [-0.2, 0) is 9.53 Å². The molecule has 1 aliphatic rings. The molecule has 4 rings (SSSR count). The minimum Gasteiger partial charge on any atom is -0.497 e. The summed E-state index contributed by atoms with van der Waals surface area (Å²) in [6, 6.07) is 7.60. The van der Waals surface area contributed by atoms with Gasteiger partial charge in [0.15, 0.2) is 0 Å². The van der Waals surface area contributed by atoms with E-state index in [9.17, 15) is 4.79 Å². The van der Waals surface area contributed by atoms with Gasteiger partial charge in [-0.3, -0.25) is 4.79 Å². The Kier molecular flexibility index (Phi) is 5.10. The highest BCUT2D eigenvalue weighted by atomic mass is 16.5. The Hall–Kier alpha value is -3.16. The maximum atomic E-state index is 12.2. The molecule has 8 heteroatoms. The molecule has 0 radical (unpaired) electrons. The minimum absolute atomic E-state index is 0.157. The Morgan fingerprint density at radius 3 is 3.07 bits per heavy atom. The van der Waals surface area contributed by atoms with Crippen LogP contribution in [0.25, 0.3) is 22.4 Å². The van der Waals surface area contributed by atoms with Crippen LogP contribution in [0.5, 0.6) is 5.75 Å². The Balaban J connectivity index is 1.73. The highest BCUT2D eigenvalue weighted by Crippen LogP contribution is 2.35. The number of hydrogen-bond donors (Lipinski definition) is 0. The molecule has 3 heterocycles. The van der Waals surface area contributed by atoms with Crippen molar-refractivity contribution in [2.45, 2.75) is 19.8 Å². The third kappa shape index (κ3) is 3.37. The van der Waals surface area contributed by atoms with Gasteiger partial charge in [0.2, 0.25) is 0 Å². The van der Waals surface area contributed by atoms with Gasteiger partial charge >= 0.3 is 5.97 Å². The van der Waals surface area contributed by atoms with Gasteiger partial charge in [-0.25, -0.2) is 4.98 Å². The molecule has 2 aromatic heterocycles. The predicted octanol–water partition coefficient (Wildman–Crippen LogP) is 3.07. The summed E-state index contributed by atoms with van der Waals surface area (Å²) in [5.41, 5.74) is 1.93. The molecule has 1 aliphatic heterocycles. The fraction of sp³-hybridized carbons (Fsp3) is 0.400. The number of methoxy groups -OCH3 is 1. The minimum atomic E-state index is -0.168. The third-order valence-corrected chi connectivity index (χ3v) is 4.94. The van der Waals surface area contributed by atoms with Crippen LogP contribution in [0.15, 0.2) is 35.1 Å². The second-order valence-electron chi connectivity index (χ2n) is 6.68. The van der Waals surface area contributed by atoms with Crippen molar-refractivity contribution in [2.75, 3.05) is 31.7 Å². The van der Waals surface area contributed by atoms with Crippen LogP contribution in [0.2, 0.25) is 0 Å². The lowest BCUT2D eigenvalue weighted by molar-refractivity contribution is -0.148. The maximum absolute atomic E-state index is 12.2. The number of benzene rings is 1. The summed E-state index contributed by atoms with van der Waals surface area (Å²) in [7, 11) is 1.62. The van der Waals surface area contributed by atoms with E-state index in [2.05, 4.69) is 20.0 Å². The van der Waals surface area contributed by atoms with Crippen LogP contribution < -0.4 is 9.64 Å². The maximum Gasteiger partial charge on any atom is 0.310 e. The van der Waals surface area contributed by atoms with E-state index >= 15 is 0 Å². The quantitative estimate of drug-likeness (QED) is 0.622. The van der Waals surface area contributed by atoms with Gasteiger partial charge in [-0.15, -0.1) is 0 Å². The van der Waals surface area contributed by atoms with E-state index in [4.69, 9.17) is 14.0 Å². The van der Waals surface area contributed by atoms with E-state index in [0.29, 0.717) is 24.6 Å². The van der Waals surface area contributed by atoms with Gasteiger partial charge in [0.1, 0.15) is 29.0 Å². The van der Waals surface area contributed by atoms with E-state index in [1.165, 1.54) is 6.33 Å². The summed E-state index contributed by atoms with van der Waals surface area (Å²) in [6.07, 6.45) is 3.16. The molecule has 1 aromatic carbocycles. The number of aromatic nitrogens is 3. The molecule has 1 atom stereocenters. The average molecular weight is 382 g/mol. The lowest BCUT2D eigenvalue weighted by atomic mass is 9.98. The zero-order chi connectivity index (χ0) is 19.5. The predicted molar refractivity (Wildman–Crippen MR) is 103 cm³/mol. The molecule has 0 saturated carbocycles. The van der Waals surface area contributed by atoms with Crippen molar-refractivity contribution in [1.29, 1.82) is 0 Å². The van der Waals surface area contributed by atoms with Crippen LogP contribution in [0, 0.1) is 5.92 Å². The van der Waals surface area contributed by atoms with Crippen molar-refractivity contribution in [3.8, 4) is 17.0 Å². The first-order valence-electron chi connectivity index (χ1n) is 9.37. The van der Waals surface area contributed by atoms with Crippen LogP contribution in [-0.4, -0.2) is 47.9 Å². The number of fused-ring (bicyclic) bond motifs is 1. The van der Waals surface area contributed by atoms with Crippen molar-refractivity contribution < 1.29 is 18.8 Å². The molecule has 3 aromatic rings. The van der Waals surface area contributed by atoms with Crippen molar-refractivity contribution in [2.24, 2.45) is 5.92 Å². The second kappa shape index (κ2) is 7.84. The standard InChI is InChI=1S/C20H22N4O4/c1-3-27-20(25)14-7-5-9-24(11-14)18-16-17(23-28-19(16)22-12-21-18)13-6-4-8-15(10-13)26-2/h4,6,8,10,12,14H,3,5,7,9,11H2,1-2H3/t14-/m0/s1. The van der Waals surface area contributed by atoms with Crippen molar-refractivity contribution in [1.82, 2.24) is 15.1 Å². The SMILES string of the molecule is CCOC(=O)[C@H]1CCCN(c2ncnc3onc(-c4cccc(OC)c4)c23)C1. The number of anilines is 1. The number of esters is 1. The number of hydrogen-bond acceptors (Lipinski definition) is 8. The normalized spacial score (nSPS) is 16.9. The van der Waals surface area contributed by atoms with Gasteiger partial charge in [-0.05, 0) is 31.9 Å². The van der Waals surface area contributed by atoms with Gasteiger partial charge in [0.05, 0.1) is 19.6 Å². The summed E-state index contributed by atoms with van der Waals surface area (Å²) in [5, 5.41) is 4.97. The Bertz CT molecular complexity index is 987. The summed E-state index contributed by atoms with van der Waals surface area (Å²) in [6.45, 7) is 3.56. The highest BCUT2D eigenvalue weighted by Gasteiger charge is 2.30. The first kappa shape index (κ1) is 18.2. The molecule has 8 nitrogen and oxygen atoms in total. The number of rotatable bonds is 5. The van der Waals surface area contributed by atoms with Crippen LogP contribution >= 0.6 is 0 Å². The van der Waals surface area contributed by atoms with E-state index < -0.39 is 0 Å². The Morgan fingerprint density at radius 1 is 1.36 bits per heavy atom. The molecular formula is C20H22N4O4. The molecule has 0 N–H and O–H groups in total. The van der Waals surface area contributed by atoms with E-state index in [1.54, 1.807) is 7.11 Å². The number of carbonyl (C=O) groups is 1. The lowest BCUT2D eigenvalue weighted by Crippen LogP contribution is -2.40. The number of nitrogens with zero attached hydrogens (tertiary/aromatic N) is 4. The molecular weight excluding hydrogens is 360 g/mol. The van der Waals surface area contributed by atoms with Crippen LogP contribution in [0.1, 0.15) is 19.8 Å². The zero-order valence-electron chi connectivity index (χ0n) is 15.9. The second-order valence-corrected chi connectivity index (χ2v) is 6.68. The van der Waals surface area contributed by atoms with Crippen molar-refractivity contribution in [3.05, 3.63) is 30.6 Å². The first-order chi connectivity index (χ1) is 13.7. The Labute approximate surface area is 162 Å².